The van der Waals surface area contributed by atoms with Crippen molar-refractivity contribution in [1.82, 2.24) is 9.78 Å². The summed E-state index contributed by atoms with van der Waals surface area (Å²) in [6.07, 6.45) is 7.14. The molecular formula is C8H8N2O. The van der Waals surface area contributed by atoms with Crippen LogP contribution in [0, 0.1) is 12.3 Å². The molecule has 0 N–H and O–H groups in total. The minimum Gasteiger partial charge on any atom is -0.268 e. The van der Waals surface area contributed by atoms with Gasteiger partial charge < -0.3 is 0 Å². The molecule has 56 valence electrons. The Morgan fingerprint density at radius 2 is 2.55 bits per heavy atom. The van der Waals surface area contributed by atoms with Crippen molar-refractivity contribution in [3.63, 3.8) is 0 Å². The van der Waals surface area contributed by atoms with Gasteiger partial charge in [0.2, 0.25) is 0 Å². The fourth-order valence-electron chi connectivity index (χ4n) is 0.726. The molecular weight excluding hydrogens is 140 g/mol. The smallest absolute Gasteiger partial charge is 0.266 e. The zero-order chi connectivity index (χ0) is 8.10. The van der Waals surface area contributed by atoms with Gasteiger partial charge in [-0.25, -0.2) is 4.68 Å². The molecule has 0 radical (unpaired) electrons. The van der Waals surface area contributed by atoms with Crippen LogP contribution in [-0.2, 0) is 6.54 Å². The monoisotopic (exact) mass is 148 g/mol. The highest BCUT2D eigenvalue weighted by atomic mass is 16.1. The summed E-state index contributed by atoms with van der Waals surface area (Å²) < 4.78 is 1.35. The molecule has 1 heterocycles. The van der Waals surface area contributed by atoms with Crippen molar-refractivity contribution >= 4 is 0 Å². The minimum atomic E-state index is -0.109. The second kappa shape index (κ2) is 3.57. The standard InChI is InChI=1S/C8H8N2O/c1-2-3-7-10-8(11)5-4-6-9-10/h1,4-6H,3,7H2. The molecule has 1 aromatic rings. The van der Waals surface area contributed by atoms with Gasteiger partial charge in [0.05, 0.1) is 6.54 Å². The van der Waals surface area contributed by atoms with Crippen LogP contribution in [-0.4, -0.2) is 9.78 Å². The molecule has 0 aromatic carbocycles. The van der Waals surface area contributed by atoms with Crippen molar-refractivity contribution in [2.24, 2.45) is 0 Å². The molecule has 0 saturated carbocycles. The Morgan fingerprint density at radius 1 is 1.73 bits per heavy atom. The first kappa shape index (κ1) is 7.55. The summed E-state index contributed by atoms with van der Waals surface area (Å²) in [5.41, 5.74) is -0.109. The molecule has 0 unspecified atom stereocenters. The average molecular weight is 148 g/mol. The summed E-state index contributed by atoms with van der Waals surface area (Å²) in [5, 5.41) is 3.82. The number of aromatic nitrogens is 2. The average Bonchev–Trinajstić information content (AvgIpc) is 2.03. The van der Waals surface area contributed by atoms with E-state index >= 15 is 0 Å². The summed E-state index contributed by atoms with van der Waals surface area (Å²) in [7, 11) is 0. The SMILES string of the molecule is C#CCCn1ncccc1=O. The van der Waals surface area contributed by atoms with E-state index in [9.17, 15) is 4.79 Å². The second-order valence-electron chi connectivity index (χ2n) is 2.04. The van der Waals surface area contributed by atoms with Gasteiger partial charge >= 0.3 is 0 Å². The lowest BCUT2D eigenvalue weighted by molar-refractivity contribution is 0.590. The molecule has 11 heavy (non-hydrogen) atoms. The Kier molecular flexibility index (Phi) is 2.45. The van der Waals surface area contributed by atoms with Crippen LogP contribution in [0.5, 0.6) is 0 Å². The van der Waals surface area contributed by atoms with Crippen LogP contribution >= 0.6 is 0 Å². The lowest BCUT2D eigenvalue weighted by Crippen LogP contribution is -2.20. The van der Waals surface area contributed by atoms with Crippen molar-refractivity contribution in [3.8, 4) is 12.3 Å². The fourth-order valence-corrected chi connectivity index (χ4v) is 0.726. The predicted molar refractivity (Wildman–Crippen MR) is 41.9 cm³/mol. The summed E-state index contributed by atoms with van der Waals surface area (Å²) in [6, 6.07) is 3.07. The van der Waals surface area contributed by atoms with Crippen LogP contribution in [0.2, 0.25) is 0 Å². The summed E-state index contributed by atoms with van der Waals surface area (Å²) in [4.78, 5) is 11.0. The molecule has 0 bridgehead atoms. The third kappa shape index (κ3) is 1.94. The van der Waals surface area contributed by atoms with Crippen LogP contribution in [0.15, 0.2) is 23.1 Å². The summed E-state index contributed by atoms with van der Waals surface area (Å²) in [6.45, 7) is 0.496. The first-order valence-corrected chi connectivity index (χ1v) is 3.30. The first-order valence-electron chi connectivity index (χ1n) is 3.30. The van der Waals surface area contributed by atoms with E-state index in [2.05, 4.69) is 11.0 Å². The third-order valence-corrected chi connectivity index (χ3v) is 1.25. The van der Waals surface area contributed by atoms with Crippen molar-refractivity contribution in [2.45, 2.75) is 13.0 Å². The predicted octanol–water partition coefficient (Wildman–Crippen LogP) is 0.267. The molecule has 0 atom stereocenters. The molecule has 0 aliphatic rings. The zero-order valence-electron chi connectivity index (χ0n) is 6.03. The fraction of sp³-hybridized carbons (Fsp3) is 0.250. The normalized spacial score (nSPS) is 9.00. The van der Waals surface area contributed by atoms with Crippen LogP contribution in [0.25, 0.3) is 0 Å². The van der Waals surface area contributed by atoms with Gasteiger partial charge in [-0.3, -0.25) is 4.79 Å². The zero-order valence-corrected chi connectivity index (χ0v) is 6.03. The first-order chi connectivity index (χ1) is 5.34. The van der Waals surface area contributed by atoms with Crippen LogP contribution in [0.4, 0.5) is 0 Å². The molecule has 0 aliphatic carbocycles. The van der Waals surface area contributed by atoms with Crippen LogP contribution in [0.1, 0.15) is 6.42 Å². The van der Waals surface area contributed by atoms with E-state index in [4.69, 9.17) is 6.42 Å². The van der Waals surface area contributed by atoms with Crippen molar-refractivity contribution < 1.29 is 0 Å². The number of terminal acetylenes is 1. The van der Waals surface area contributed by atoms with Gasteiger partial charge in [-0.15, -0.1) is 12.3 Å². The van der Waals surface area contributed by atoms with Gasteiger partial charge in [-0.2, -0.15) is 5.10 Å². The number of hydrogen-bond acceptors (Lipinski definition) is 2. The van der Waals surface area contributed by atoms with Crippen LogP contribution in [0.3, 0.4) is 0 Å². The second-order valence-corrected chi connectivity index (χ2v) is 2.04. The Balaban J connectivity index is 2.80. The van der Waals surface area contributed by atoms with Gasteiger partial charge in [-0.05, 0) is 6.07 Å². The molecule has 3 nitrogen and oxygen atoms in total. The summed E-state index contributed by atoms with van der Waals surface area (Å²) >= 11 is 0. The quantitative estimate of drug-likeness (QED) is 0.564. The molecule has 1 aromatic heterocycles. The molecule has 0 saturated heterocycles. The van der Waals surface area contributed by atoms with Gasteiger partial charge in [0.1, 0.15) is 0 Å². The number of rotatable bonds is 2. The lowest BCUT2D eigenvalue weighted by atomic mass is 10.4. The van der Waals surface area contributed by atoms with E-state index in [0.717, 1.165) is 0 Å². The Bertz CT molecular complexity index is 321. The van der Waals surface area contributed by atoms with Gasteiger partial charge in [0.15, 0.2) is 0 Å². The molecule has 0 fully saturated rings. The van der Waals surface area contributed by atoms with Crippen LogP contribution < -0.4 is 5.56 Å². The summed E-state index contributed by atoms with van der Waals surface area (Å²) in [5.74, 6) is 2.44. The maximum Gasteiger partial charge on any atom is 0.266 e. The Morgan fingerprint density at radius 3 is 3.18 bits per heavy atom. The molecule has 3 heteroatoms. The van der Waals surface area contributed by atoms with Gasteiger partial charge in [0, 0.05) is 18.7 Å². The third-order valence-electron chi connectivity index (χ3n) is 1.25. The highest BCUT2D eigenvalue weighted by Crippen LogP contribution is 1.80. The molecule has 0 amide bonds. The maximum atomic E-state index is 11.0. The van der Waals surface area contributed by atoms with E-state index in [1.807, 2.05) is 0 Å². The lowest BCUT2D eigenvalue weighted by Gasteiger charge is -1.97. The number of aryl methyl sites for hydroxylation is 1. The van der Waals surface area contributed by atoms with E-state index in [-0.39, 0.29) is 5.56 Å². The van der Waals surface area contributed by atoms with E-state index in [0.29, 0.717) is 13.0 Å². The van der Waals surface area contributed by atoms with E-state index in [1.54, 1.807) is 12.3 Å². The highest BCUT2D eigenvalue weighted by Gasteiger charge is 1.91. The van der Waals surface area contributed by atoms with Crippen molar-refractivity contribution in [3.05, 3.63) is 28.7 Å². The molecule has 0 spiro atoms. The Hall–Kier alpha value is -1.56. The van der Waals surface area contributed by atoms with Gasteiger partial charge in [0.25, 0.3) is 5.56 Å². The topological polar surface area (TPSA) is 34.9 Å². The highest BCUT2D eigenvalue weighted by molar-refractivity contribution is 4.87. The number of nitrogens with zero attached hydrogens (tertiary/aromatic N) is 2. The molecule has 1 rings (SSSR count). The molecule has 0 aliphatic heterocycles. The maximum absolute atomic E-state index is 11.0. The van der Waals surface area contributed by atoms with E-state index < -0.39 is 0 Å². The largest absolute Gasteiger partial charge is 0.268 e. The van der Waals surface area contributed by atoms with Crippen molar-refractivity contribution in [2.75, 3.05) is 0 Å². The number of hydrogen-bond donors (Lipinski definition) is 0. The van der Waals surface area contributed by atoms with Crippen molar-refractivity contribution in [1.29, 1.82) is 0 Å². The minimum absolute atomic E-state index is 0.109. The Labute approximate surface area is 64.7 Å². The van der Waals surface area contributed by atoms with Gasteiger partial charge in [-0.1, -0.05) is 0 Å². The van der Waals surface area contributed by atoms with E-state index in [1.165, 1.54) is 10.7 Å².